The van der Waals surface area contributed by atoms with Gasteiger partial charge in [-0.1, -0.05) is 34.1 Å². The minimum atomic E-state index is -0.336. The van der Waals surface area contributed by atoms with Crippen LogP contribution in [0.25, 0.3) is 6.08 Å². The van der Waals surface area contributed by atoms with Gasteiger partial charge in [-0.25, -0.2) is 4.39 Å². The number of benzene rings is 2. The molecule has 3 heteroatoms. The van der Waals surface area contributed by atoms with Gasteiger partial charge < -0.3 is 0 Å². The van der Waals surface area contributed by atoms with Crippen molar-refractivity contribution in [2.45, 2.75) is 0 Å². The number of carbonyl (C=O) groups excluding carboxylic acids is 1. The quantitative estimate of drug-likeness (QED) is 0.603. The molecular weight excluding hydrogens is 295 g/mol. The molecule has 0 saturated heterocycles. The zero-order chi connectivity index (χ0) is 13.0. The monoisotopic (exact) mass is 304 g/mol. The number of halogens is 2. The van der Waals surface area contributed by atoms with Crippen LogP contribution in [0.4, 0.5) is 4.39 Å². The van der Waals surface area contributed by atoms with Crippen LogP contribution in [-0.2, 0) is 0 Å². The molecule has 0 amide bonds. The average Bonchev–Trinajstić information content (AvgIpc) is 2.38. The largest absolute Gasteiger partial charge is 0.289 e. The number of rotatable bonds is 3. The Kier molecular flexibility index (Phi) is 4.05. The molecule has 0 fully saturated rings. The van der Waals surface area contributed by atoms with Gasteiger partial charge in [0.15, 0.2) is 5.78 Å². The summed E-state index contributed by atoms with van der Waals surface area (Å²) in [5.74, 6) is -0.483. The summed E-state index contributed by atoms with van der Waals surface area (Å²) >= 11 is 3.30. The summed E-state index contributed by atoms with van der Waals surface area (Å²) in [4.78, 5) is 11.8. The van der Waals surface area contributed by atoms with Gasteiger partial charge in [0, 0.05) is 15.6 Å². The molecule has 0 N–H and O–H groups in total. The van der Waals surface area contributed by atoms with Crippen molar-refractivity contribution >= 4 is 27.8 Å². The van der Waals surface area contributed by atoms with Crippen LogP contribution in [0, 0.1) is 5.82 Å². The van der Waals surface area contributed by atoms with Gasteiger partial charge in [0.1, 0.15) is 5.82 Å². The Labute approximate surface area is 113 Å². The highest BCUT2D eigenvalue weighted by Gasteiger charge is 2.02. The number of carbonyl (C=O) groups is 1. The van der Waals surface area contributed by atoms with Gasteiger partial charge in [-0.15, -0.1) is 0 Å². The van der Waals surface area contributed by atoms with Crippen LogP contribution in [0.5, 0.6) is 0 Å². The summed E-state index contributed by atoms with van der Waals surface area (Å²) in [6.45, 7) is 0. The number of hydrogen-bond acceptors (Lipinski definition) is 1. The first-order valence-corrected chi connectivity index (χ1v) is 6.18. The normalized spacial score (nSPS) is 10.8. The number of ketones is 1. The third-order valence-corrected chi connectivity index (χ3v) is 2.98. The molecule has 0 aliphatic carbocycles. The fourth-order valence-corrected chi connectivity index (χ4v) is 1.75. The summed E-state index contributed by atoms with van der Waals surface area (Å²) in [5.41, 5.74) is 0.980. The van der Waals surface area contributed by atoms with Crippen LogP contribution < -0.4 is 0 Å². The summed E-state index contributed by atoms with van der Waals surface area (Å²) in [6, 6.07) is 13.4. The van der Waals surface area contributed by atoms with E-state index in [-0.39, 0.29) is 11.6 Å². The Balaban J connectivity index is 2.17. The topological polar surface area (TPSA) is 17.1 Å². The van der Waals surface area contributed by atoms with Crippen LogP contribution in [0.2, 0.25) is 0 Å². The lowest BCUT2D eigenvalue weighted by Crippen LogP contribution is -1.93. The molecule has 0 atom stereocenters. The molecule has 0 aromatic heterocycles. The molecule has 0 unspecified atom stereocenters. The molecule has 1 nitrogen and oxygen atoms in total. The molecule has 0 aliphatic rings. The average molecular weight is 305 g/mol. The fourth-order valence-electron chi connectivity index (χ4n) is 1.49. The van der Waals surface area contributed by atoms with E-state index in [1.807, 2.05) is 0 Å². The Bertz CT molecular complexity index is 588. The first-order valence-electron chi connectivity index (χ1n) is 5.39. The van der Waals surface area contributed by atoms with Gasteiger partial charge in [0.25, 0.3) is 0 Å². The van der Waals surface area contributed by atoms with Crippen molar-refractivity contribution < 1.29 is 9.18 Å². The summed E-state index contributed by atoms with van der Waals surface area (Å²) in [5, 5.41) is 0. The van der Waals surface area contributed by atoms with Crippen molar-refractivity contribution in [2.24, 2.45) is 0 Å². The minimum Gasteiger partial charge on any atom is -0.289 e. The van der Waals surface area contributed by atoms with E-state index in [2.05, 4.69) is 15.9 Å². The Morgan fingerprint density at radius 3 is 2.39 bits per heavy atom. The third-order valence-electron chi connectivity index (χ3n) is 2.45. The van der Waals surface area contributed by atoms with E-state index < -0.39 is 0 Å². The molecule has 0 spiro atoms. The molecule has 0 saturated carbocycles. The Morgan fingerprint density at radius 1 is 1.06 bits per heavy atom. The molecule has 18 heavy (non-hydrogen) atoms. The van der Waals surface area contributed by atoms with Crippen molar-refractivity contribution in [3.05, 3.63) is 76.0 Å². The Hall–Kier alpha value is -1.74. The van der Waals surface area contributed by atoms with Gasteiger partial charge >= 0.3 is 0 Å². The highest BCUT2D eigenvalue weighted by Crippen LogP contribution is 2.13. The van der Waals surface area contributed by atoms with E-state index in [0.717, 1.165) is 4.47 Å². The fraction of sp³-hybridized carbons (Fsp3) is 0. The van der Waals surface area contributed by atoms with E-state index >= 15 is 0 Å². The molecule has 90 valence electrons. The van der Waals surface area contributed by atoms with Gasteiger partial charge in [-0.05, 0) is 42.5 Å². The second kappa shape index (κ2) is 5.74. The van der Waals surface area contributed by atoms with Crippen LogP contribution in [0.1, 0.15) is 15.9 Å². The molecule has 2 rings (SSSR count). The molecule has 0 aliphatic heterocycles. The van der Waals surface area contributed by atoms with Crippen molar-refractivity contribution in [1.29, 1.82) is 0 Å². The maximum Gasteiger partial charge on any atom is 0.185 e. The summed E-state index contributed by atoms with van der Waals surface area (Å²) in [7, 11) is 0. The van der Waals surface area contributed by atoms with Crippen molar-refractivity contribution in [2.75, 3.05) is 0 Å². The standard InChI is InChI=1S/C15H10BrFO/c16-13-8-5-12(6-9-13)15(18)10-7-11-3-1-2-4-14(11)17/h1-10H. The van der Waals surface area contributed by atoms with Crippen molar-refractivity contribution in [3.63, 3.8) is 0 Å². The van der Waals surface area contributed by atoms with Crippen LogP contribution in [0.3, 0.4) is 0 Å². The summed E-state index contributed by atoms with van der Waals surface area (Å²) in [6.07, 6.45) is 2.86. The van der Waals surface area contributed by atoms with E-state index in [9.17, 15) is 9.18 Å². The molecule has 0 radical (unpaired) electrons. The zero-order valence-electron chi connectivity index (χ0n) is 9.44. The van der Waals surface area contributed by atoms with E-state index in [1.54, 1.807) is 42.5 Å². The highest BCUT2D eigenvalue weighted by molar-refractivity contribution is 9.10. The Morgan fingerprint density at radius 2 is 1.72 bits per heavy atom. The minimum absolute atomic E-state index is 0.147. The molecule has 0 bridgehead atoms. The van der Waals surface area contributed by atoms with Gasteiger partial charge in [0.05, 0.1) is 0 Å². The van der Waals surface area contributed by atoms with Gasteiger partial charge in [-0.2, -0.15) is 0 Å². The lowest BCUT2D eigenvalue weighted by atomic mass is 10.1. The molecular formula is C15H10BrFO. The highest BCUT2D eigenvalue weighted by atomic mass is 79.9. The first kappa shape index (κ1) is 12.7. The van der Waals surface area contributed by atoms with Gasteiger partial charge in [0.2, 0.25) is 0 Å². The molecule has 2 aromatic rings. The lowest BCUT2D eigenvalue weighted by Gasteiger charge is -1.97. The van der Waals surface area contributed by atoms with Crippen molar-refractivity contribution in [3.8, 4) is 0 Å². The maximum atomic E-state index is 13.3. The number of hydrogen-bond donors (Lipinski definition) is 0. The van der Waals surface area contributed by atoms with E-state index in [0.29, 0.717) is 11.1 Å². The molecule has 0 heterocycles. The lowest BCUT2D eigenvalue weighted by molar-refractivity contribution is 0.104. The van der Waals surface area contributed by atoms with E-state index in [1.165, 1.54) is 18.2 Å². The van der Waals surface area contributed by atoms with E-state index in [4.69, 9.17) is 0 Å². The first-order chi connectivity index (χ1) is 8.66. The smallest absolute Gasteiger partial charge is 0.185 e. The van der Waals surface area contributed by atoms with Crippen molar-refractivity contribution in [1.82, 2.24) is 0 Å². The SMILES string of the molecule is O=C(C=Cc1ccccc1F)c1ccc(Br)cc1. The second-order valence-electron chi connectivity index (χ2n) is 3.73. The molecule has 2 aromatic carbocycles. The maximum absolute atomic E-state index is 13.3. The van der Waals surface area contributed by atoms with Gasteiger partial charge in [-0.3, -0.25) is 4.79 Å². The summed E-state index contributed by atoms with van der Waals surface area (Å²) < 4.78 is 14.2. The predicted octanol–water partition coefficient (Wildman–Crippen LogP) is 4.48. The second-order valence-corrected chi connectivity index (χ2v) is 4.64. The number of allylic oxidation sites excluding steroid dienone is 1. The van der Waals surface area contributed by atoms with Crippen LogP contribution >= 0.6 is 15.9 Å². The third kappa shape index (κ3) is 3.14. The zero-order valence-corrected chi connectivity index (χ0v) is 11.0. The van der Waals surface area contributed by atoms with Crippen LogP contribution in [-0.4, -0.2) is 5.78 Å². The van der Waals surface area contributed by atoms with Crippen LogP contribution in [0.15, 0.2) is 59.1 Å². The predicted molar refractivity (Wildman–Crippen MR) is 73.9 cm³/mol.